The van der Waals surface area contributed by atoms with Crippen molar-refractivity contribution in [3.63, 3.8) is 0 Å². The van der Waals surface area contributed by atoms with Crippen molar-refractivity contribution >= 4 is 28.2 Å². The highest BCUT2D eigenvalue weighted by Crippen LogP contribution is 2.25. The van der Waals surface area contributed by atoms with Gasteiger partial charge in [-0.05, 0) is 36.8 Å². The van der Waals surface area contributed by atoms with E-state index in [1.807, 2.05) is 60.3 Å². The zero-order valence-corrected chi connectivity index (χ0v) is 16.8. The maximum absolute atomic E-state index is 9.72. The van der Waals surface area contributed by atoms with Crippen LogP contribution in [0.1, 0.15) is 18.6 Å². The molecule has 0 saturated carbocycles. The molecule has 30 heavy (non-hydrogen) atoms. The van der Waals surface area contributed by atoms with E-state index in [4.69, 9.17) is 10.7 Å². The van der Waals surface area contributed by atoms with Crippen LogP contribution >= 0.6 is 0 Å². The van der Waals surface area contributed by atoms with Crippen molar-refractivity contribution in [1.29, 1.82) is 0 Å². The Morgan fingerprint density at radius 2 is 2.03 bits per heavy atom. The molecule has 0 spiro atoms. The minimum absolute atomic E-state index is 0.471. The van der Waals surface area contributed by atoms with Crippen LogP contribution in [0.25, 0.3) is 22.2 Å². The fourth-order valence-corrected chi connectivity index (χ4v) is 3.25. The van der Waals surface area contributed by atoms with Gasteiger partial charge in [0.1, 0.15) is 0 Å². The Morgan fingerprint density at radius 3 is 2.73 bits per heavy atom. The summed E-state index contributed by atoms with van der Waals surface area (Å²) in [6, 6.07) is 13.4. The third-order valence-corrected chi connectivity index (χ3v) is 4.85. The molecule has 0 amide bonds. The summed E-state index contributed by atoms with van der Waals surface area (Å²) < 4.78 is 1.89. The summed E-state index contributed by atoms with van der Waals surface area (Å²) in [5, 5.41) is 20.9. The molecule has 8 nitrogen and oxygen atoms in total. The van der Waals surface area contributed by atoms with Gasteiger partial charge in [-0.3, -0.25) is 5.10 Å². The van der Waals surface area contributed by atoms with E-state index in [-0.39, 0.29) is 0 Å². The summed E-state index contributed by atoms with van der Waals surface area (Å²) in [6.45, 7) is 5.44. The van der Waals surface area contributed by atoms with E-state index in [1.165, 1.54) is 6.20 Å². The topological polar surface area (TPSA) is 117 Å². The van der Waals surface area contributed by atoms with Gasteiger partial charge >= 0.3 is 0 Å². The monoisotopic (exact) mass is 401 g/mol. The van der Waals surface area contributed by atoms with E-state index < -0.39 is 6.10 Å². The van der Waals surface area contributed by atoms with Gasteiger partial charge in [-0.15, -0.1) is 0 Å². The lowest BCUT2D eigenvalue weighted by Crippen LogP contribution is -2.23. The van der Waals surface area contributed by atoms with Crippen molar-refractivity contribution in [3.05, 3.63) is 72.5 Å². The van der Waals surface area contributed by atoms with E-state index >= 15 is 0 Å². The van der Waals surface area contributed by atoms with Crippen LogP contribution in [0.2, 0.25) is 0 Å². The Morgan fingerprint density at radius 1 is 1.27 bits per heavy atom. The lowest BCUT2D eigenvalue weighted by molar-refractivity contribution is 0.199. The molecule has 1 unspecified atom stereocenters. The first-order chi connectivity index (χ1) is 14.5. The predicted octanol–water partition coefficient (Wildman–Crippen LogP) is 3.39. The van der Waals surface area contributed by atoms with Crippen molar-refractivity contribution in [1.82, 2.24) is 19.7 Å². The maximum Gasteiger partial charge on any atom is 0.175 e. The average Bonchev–Trinajstić information content (AvgIpc) is 3.11. The van der Waals surface area contributed by atoms with Gasteiger partial charge in [0.2, 0.25) is 0 Å². The molecule has 0 radical (unpaired) electrons. The highest BCUT2D eigenvalue weighted by Gasteiger charge is 2.10. The van der Waals surface area contributed by atoms with Gasteiger partial charge in [0, 0.05) is 36.1 Å². The van der Waals surface area contributed by atoms with Crippen molar-refractivity contribution in [2.45, 2.75) is 13.0 Å². The molecule has 0 aliphatic heterocycles. The van der Waals surface area contributed by atoms with Crippen LogP contribution in [-0.2, 0) is 7.05 Å². The van der Waals surface area contributed by atoms with Crippen LogP contribution in [0.4, 0.5) is 17.3 Å². The summed E-state index contributed by atoms with van der Waals surface area (Å²) in [6.07, 6.45) is 2.87. The number of hydrogen-bond acceptors (Lipinski definition) is 6. The number of anilines is 3. The molecule has 4 rings (SSSR count). The van der Waals surface area contributed by atoms with Gasteiger partial charge in [-0.2, -0.15) is 5.10 Å². The van der Waals surface area contributed by atoms with Crippen molar-refractivity contribution in [2.24, 2.45) is 12.0 Å². The van der Waals surface area contributed by atoms with Crippen LogP contribution < -0.4 is 16.5 Å². The van der Waals surface area contributed by atoms with E-state index in [9.17, 15) is 5.11 Å². The largest absolute Gasteiger partial charge is 0.389 e. The van der Waals surface area contributed by atoms with E-state index in [0.29, 0.717) is 17.1 Å². The number of aliphatic hydroxyl groups is 1. The third kappa shape index (κ3) is 3.68. The number of H-pyrrole nitrogens is 1. The van der Waals surface area contributed by atoms with E-state index in [1.54, 1.807) is 6.92 Å². The van der Waals surface area contributed by atoms with Crippen LogP contribution in [0.3, 0.4) is 0 Å². The summed E-state index contributed by atoms with van der Waals surface area (Å²) in [4.78, 5) is 9.17. The Balaban J connectivity index is 1.78. The van der Waals surface area contributed by atoms with Gasteiger partial charge in [0.15, 0.2) is 17.1 Å². The number of aliphatic hydroxyl groups excluding tert-OH is 1. The number of benzene rings is 2. The second-order valence-electron chi connectivity index (χ2n) is 7.01. The van der Waals surface area contributed by atoms with Gasteiger partial charge in [0.05, 0.1) is 17.3 Å². The number of aromatic amines is 1. The van der Waals surface area contributed by atoms with Crippen molar-refractivity contribution in [2.75, 3.05) is 11.1 Å². The predicted molar refractivity (Wildman–Crippen MR) is 119 cm³/mol. The number of hydrogen-bond donors (Lipinski definition) is 4. The molecule has 0 aliphatic rings. The van der Waals surface area contributed by atoms with Crippen molar-refractivity contribution in [3.8, 4) is 11.3 Å². The molecule has 1 atom stereocenters. The number of fused-ring (bicyclic) bond motifs is 1. The molecule has 0 fully saturated rings. The van der Waals surface area contributed by atoms with Crippen LogP contribution in [0.5, 0.6) is 0 Å². The number of nitrogens with one attached hydrogen (secondary N) is 2. The summed E-state index contributed by atoms with van der Waals surface area (Å²) >= 11 is 0. The fourth-order valence-electron chi connectivity index (χ4n) is 3.25. The molecule has 0 bridgehead atoms. The number of nitrogen functional groups attached to an aromatic ring is 1. The number of nitrogens with zero attached hydrogens (tertiary/aromatic N) is 4. The molecule has 0 aliphatic carbocycles. The first-order valence-corrected chi connectivity index (χ1v) is 9.47. The molecule has 4 aromatic rings. The first kappa shape index (κ1) is 19.4. The van der Waals surface area contributed by atoms with Crippen LogP contribution in [-0.4, -0.2) is 24.9 Å². The van der Waals surface area contributed by atoms with Gasteiger partial charge in [0.25, 0.3) is 0 Å². The molecular weight excluding hydrogens is 378 g/mol. The summed E-state index contributed by atoms with van der Waals surface area (Å²) in [5.41, 5.74) is 10.7. The molecule has 152 valence electrons. The molecular formula is C22H23N7O. The number of aryl methyl sites for hydroxylation is 1. The molecule has 2 aromatic carbocycles. The Hall–Kier alpha value is -3.91. The minimum atomic E-state index is -0.518. The van der Waals surface area contributed by atoms with Crippen molar-refractivity contribution < 1.29 is 5.11 Å². The van der Waals surface area contributed by atoms with Gasteiger partial charge in [-0.25, -0.2) is 9.98 Å². The number of nitrogens with two attached hydrogens (primary N) is 1. The number of aromatic nitrogens is 4. The number of rotatable bonds is 5. The zero-order chi connectivity index (χ0) is 21.3. The Bertz CT molecular complexity index is 1280. The fraction of sp³-hybridized carbons (Fsp3) is 0.136. The molecule has 8 heteroatoms. The Kier molecular flexibility index (Phi) is 5.07. The van der Waals surface area contributed by atoms with Gasteiger partial charge in [-0.1, -0.05) is 24.8 Å². The molecule has 2 heterocycles. The second kappa shape index (κ2) is 7.84. The van der Waals surface area contributed by atoms with E-state index in [2.05, 4.69) is 27.1 Å². The molecule has 0 saturated heterocycles. The highest BCUT2D eigenvalue weighted by molar-refractivity contribution is 5.91. The minimum Gasteiger partial charge on any atom is -0.389 e. The standard InChI is InChI=1S/C22H23N7O/c1-4-24-22-21(25-16-8-5-14(6-9-16)13(2)30)26-19(12-29(22)3)15-7-10-17-18(11-15)27-28-20(17)23/h4-13,30H,1H2,2-3H3,(H,25,26)(H3,23,27,28). The summed E-state index contributed by atoms with van der Waals surface area (Å²) in [5.74, 6) is 1.06. The average molecular weight is 401 g/mol. The van der Waals surface area contributed by atoms with Gasteiger partial charge < -0.3 is 20.7 Å². The lowest BCUT2D eigenvalue weighted by atomic mass is 10.1. The Labute approximate surface area is 173 Å². The first-order valence-electron chi connectivity index (χ1n) is 9.47. The lowest BCUT2D eigenvalue weighted by Gasteiger charge is -2.13. The third-order valence-electron chi connectivity index (χ3n) is 4.85. The van der Waals surface area contributed by atoms with Crippen LogP contribution in [0.15, 0.2) is 66.4 Å². The quantitative estimate of drug-likeness (QED) is 0.409. The molecule has 2 aromatic heterocycles. The SMILES string of the molecule is C=CN=c1c(Nc2ccc(C(C)O)cc2)nc(-c2ccc3c(N)n[nH]c3c2)cn1C. The highest BCUT2D eigenvalue weighted by atomic mass is 16.3. The van der Waals surface area contributed by atoms with Crippen LogP contribution in [0, 0.1) is 0 Å². The second-order valence-corrected chi connectivity index (χ2v) is 7.01. The maximum atomic E-state index is 9.72. The summed E-state index contributed by atoms with van der Waals surface area (Å²) in [7, 11) is 1.90. The van der Waals surface area contributed by atoms with E-state index in [0.717, 1.165) is 33.4 Å². The molecule has 5 N–H and O–H groups in total. The smallest absolute Gasteiger partial charge is 0.175 e. The normalized spacial score (nSPS) is 12.8. The zero-order valence-electron chi connectivity index (χ0n) is 16.8.